The van der Waals surface area contributed by atoms with Crippen molar-refractivity contribution in [2.45, 2.75) is 39.5 Å². The maximum Gasteiger partial charge on any atom is 0.00237 e. The van der Waals surface area contributed by atoms with Crippen molar-refractivity contribution in [1.82, 2.24) is 0 Å². The molecule has 0 saturated heterocycles. The Labute approximate surface area is 84.3 Å². The van der Waals surface area contributed by atoms with Crippen LogP contribution in [0.4, 0.5) is 0 Å². The maximum atomic E-state index is 2.53. The van der Waals surface area contributed by atoms with Crippen LogP contribution in [0.15, 0.2) is 0 Å². The van der Waals surface area contributed by atoms with Gasteiger partial charge in [-0.3, -0.25) is 0 Å². The predicted octanol–water partition coefficient (Wildman–Crippen LogP) is 3.88. The van der Waals surface area contributed by atoms with Gasteiger partial charge >= 0.3 is 0 Å². The molecule has 0 aromatic carbocycles. The van der Waals surface area contributed by atoms with Crippen molar-refractivity contribution in [3.63, 3.8) is 0 Å². The van der Waals surface area contributed by atoms with E-state index in [2.05, 4.69) is 36.4 Å². The van der Waals surface area contributed by atoms with Crippen molar-refractivity contribution < 1.29 is 0 Å². The molecule has 1 aliphatic carbocycles. The molecule has 1 saturated carbocycles. The fourth-order valence-electron chi connectivity index (χ4n) is 2.01. The zero-order valence-corrected chi connectivity index (χ0v) is 9.80. The molecule has 0 nitrogen and oxygen atoms in total. The quantitative estimate of drug-likeness (QED) is 0.525. The van der Waals surface area contributed by atoms with Gasteiger partial charge in [-0.05, 0) is 43.4 Å². The van der Waals surface area contributed by atoms with Crippen LogP contribution in [0.25, 0.3) is 0 Å². The zero-order chi connectivity index (χ0) is 8.27. The molecule has 0 aromatic heterocycles. The molecule has 1 aliphatic rings. The van der Waals surface area contributed by atoms with Crippen LogP contribution in [-0.4, -0.2) is 4.43 Å². The summed E-state index contributed by atoms with van der Waals surface area (Å²) in [5.41, 5.74) is 0. The summed E-state index contributed by atoms with van der Waals surface area (Å²) in [5.74, 6) is 3.00. The Morgan fingerprint density at radius 2 is 1.73 bits per heavy atom. The van der Waals surface area contributed by atoms with Gasteiger partial charge in [0.15, 0.2) is 0 Å². The standard InChI is InChI=1S/C10H19I/c1-8(2)10-5-3-9(7-11)4-6-10/h8-10H,3-7H2,1-2H3. The SMILES string of the molecule is CC(C)C1CCC(CI)CC1. The molecule has 0 spiro atoms. The minimum atomic E-state index is 0.921. The summed E-state index contributed by atoms with van der Waals surface area (Å²) in [7, 11) is 0. The molecule has 1 rings (SSSR count). The lowest BCUT2D eigenvalue weighted by atomic mass is 9.78. The number of rotatable bonds is 2. The topological polar surface area (TPSA) is 0 Å². The van der Waals surface area contributed by atoms with Crippen LogP contribution in [0.1, 0.15) is 39.5 Å². The van der Waals surface area contributed by atoms with Crippen LogP contribution < -0.4 is 0 Å². The molecule has 0 aromatic rings. The van der Waals surface area contributed by atoms with Gasteiger partial charge in [0.25, 0.3) is 0 Å². The second kappa shape index (κ2) is 4.68. The summed E-state index contributed by atoms with van der Waals surface area (Å²) in [5, 5.41) is 0. The minimum absolute atomic E-state index is 0.921. The summed E-state index contributed by atoms with van der Waals surface area (Å²) in [6.45, 7) is 4.74. The number of halogens is 1. The van der Waals surface area contributed by atoms with Gasteiger partial charge in [0.05, 0.1) is 0 Å². The van der Waals surface area contributed by atoms with E-state index >= 15 is 0 Å². The molecular weight excluding hydrogens is 247 g/mol. The molecule has 0 radical (unpaired) electrons. The van der Waals surface area contributed by atoms with Crippen molar-refractivity contribution in [1.29, 1.82) is 0 Å². The van der Waals surface area contributed by atoms with Crippen molar-refractivity contribution in [2.75, 3.05) is 4.43 Å². The summed E-state index contributed by atoms with van der Waals surface area (Å²) < 4.78 is 1.38. The fraction of sp³-hybridized carbons (Fsp3) is 1.00. The first-order valence-corrected chi connectivity index (χ1v) is 6.32. The fourth-order valence-corrected chi connectivity index (χ4v) is 2.89. The van der Waals surface area contributed by atoms with Crippen LogP contribution in [0.2, 0.25) is 0 Å². The van der Waals surface area contributed by atoms with Gasteiger partial charge in [-0.2, -0.15) is 0 Å². The molecular formula is C10H19I. The highest BCUT2D eigenvalue weighted by molar-refractivity contribution is 14.1. The Bertz CT molecular complexity index is 101. The second-order valence-corrected chi connectivity index (χ2v) is 5.06. The molecule has 11 heavy (non-hydrogen) atoms. The molecule has 0 unspecified atom stereocenters. The molecule has 0 bridgehead atoms. The van der Waals surface area contributed by atoms with Gasteiger partial charge in [-0.15, -0.1) is 0 Å². The molecule has 0 amide bonds. The third-order valence-corrected chi connectivity index (χ3v) is 4.30. The average molecular weight is 266 g/mol. The third-order valence-electron chi connectivity index (χ3n) is 3.05. The van der Waals surface area contributed by atoms with E-state index in [-0.39, 0.29) is 0 Å². The van der Waals surface area contributed by atoms with Crippen LogP contribution >= 0.6 is 22.6 Å². The Morgan fingerprint density at radius 1 is 1.18 bits per heavy atom. The highest BCUT2D eigenvalue weighted by Gasteiger charge is 2.21. The summed E-state index contributed by atoms with van der Waals surface area (Å²) >= 11 is 2.53. The van der Waals surface area contributed by atoms with Crippen molar-refractivity contribution in [3.8, 4) is 0 Å². The lowest BCUT2D eigenvalue weighted by molar-refractivity contribution is 0.238. The minimum Gasteiger partial charge on any atom is -0.0861 e. The largest absolute Gasteiger partial charge is 0.0861 e. The first kappa shape index (κ1) is 9.82. The molecule has 0 N–H and O–H groups in total. The Kier molecular flexibility index (Phi) is 4.18. The van der Waals surface area contributed by atoms with E-state index in [1.807, 2.05) is 0 Å². The lowest BCUT2D eigenvalue weighted by Crippen LogP contribution is -2.19. The highest BCUT2D eigenvalue weighted by Crippen LogP contribution is 2.33. The smallest absolute Gasteiger partial charge is 0.00237 e. The van der Waals surface area contributed by atoms with E-state index in [0.29, 0.717) is 0 Å². The summed E-state index contributed by atoms with van der Waals surface area (Å²) in [6.07, 6.45) is 5.97. The van der Waals surface area contributed by atoms with Gasteiger partial charge < -0.3 is 0 Å². The van der Waals surface area contributed by atoms with Crippen LogP contribution in [-0.2, 0) is 0 Å². The molecule has 1 fully saturated rings. The van der Waals surface area contributed by atoms with Crippen molar-refractivity contribution in [3.05, 3.63) is 0 Å². The van der Waals surface area contributed by atoms with E-state index in [1.165, 1.54) is 30.1 Å². The van der Waals surface area contributed by atoms with Crippen LogP contribution in [0, 0.1) is 17.8 Å². The average Bonchev–Trinajstić information content (AvgIpc) is 2.05. The van der Waals surface area contributed by atoms with E-state index in [1.54, 1.807) is 0 Å². The van der Waals surface area contributed by atoms with Gasteiger partial charge in [0, 0.05) is 4.43 Å². The van der Waals surface area contributed by atoms with Crippen LogP contribution in [0.3, 0.4) is 0 Å². The maximum absolute atomic E-state index is 2.53. The first-order valence-electron chi connectivity index (χ1n) is 4.80. The second-order valence-electron chi connectivity index (χ2n) is 4.18. The van der Waals surface area contributed by atoms with Crippen molar-refractivity contribution in [2.24, 2.45) is 17.8 Å². The van der Waals surface area contributed by atoms with E-state index in [9.17, 15) is 0 Å². The Hall–Kier alpha value is 0.730. The molecule has 0 atom stereocenters. The third kappa shape index (κ3) is 2.92. The first-order chi connectivity index (χ1) is 5.24. The van der Waals surface area contributed by atoms with Gasteiger partial charge in [-0.1, -0.05) is 36.4 Å². The predicted molar refractivity (Wildman–Crippen MR) is 59.2 cm³/mol. The van der Waals surface area contributed by atoms with Gasteiger partial charge in [-0.25, -0.2) is 0 Å². The number of alkyl halides is 1. The Balaban J connectivity index is 2.24. The van der Waals surface area contributed by atoms with E-state index in [0.717, 1.165) is 17.8 Å². The molecule has 0 aliphatic heterocycles. The molecule has 66 valence electrons. The molecule has 1 heteroatoms. The lowest BCUT2D eigenvalue weighted by Gasteiger charge is -2.29. The van der Waals surface area contributed by atoms with E-state index in [4.69, 9.17) is 0 Å². The number of hydrogen-bond donors (Lipinski definition) is 0. The molecule has 0 heterocycles. The monoisotopic (exact) mass is 266 g/mol. The van der Waals surface area contributed by atoms with Crippen LogP contribution in [0.5, 0.6) is 0 Å². The van der Waals surface area contributed by atoms with Crippen molar-refractivity contribution >= 4 is 22.6 Å². The Morgan fingerprint density at radius 3 is 2.09 bits per heavy atom. The summed E-state index contributed by atoms with van der Waals surface area (Å²) in [4.78, 5) is 0. The van der Waals surface area contributed by atoms with E-state index < -0.39 is 0 Å². The zero-order valence-electron chi connectivity index (χ0n) is 7.65. The van der Waals surface area contributed by atoms with Gasteiger partial charge in [0.1, 0.15) is 0 Å². The summed E-state index contributed by atoms with van der Waals surface area (Å²) in [6, 6.07) is 0. The highest BCUT2D eigenvalue weighted by atomic mass is 127. The van der Waals surface area contributed by atoms with Gasteiger partial charge in [0.2, 0.25) is 0 Å². The number of hydrogen-bond acceptors (Lipinski definition) is 0. The normalized spacial score (nSPS) is 32.7.